The molecule has 0 saturated carbocycles. The number of nitrogens with zero attached hydrogens (tertiary/aromatic N) is 1. The van der Waals surface area contributed by atoms with Gasteiger partial charge < -0.3 is 19.5 Å². The lowest BCUT2D eigenvalue weighted by molar-refractivity contribution is -0.148. The van der Waals surface area contributed by atoms with Gasteiger partial charge in [-0.25, -0.2) is 4.79 Å². The molecule has 0 atom stereocenters. The third-order valence-corrected chi connectivity index (χ3v) is 4.07. The van der Waals surface area contributed by atoms with Crippen molar-refractivity contribution in [1.82, 2.24) is 10.2 Å². The molecule has 2 aliphatic rings. The molecule has 2 aliphatic heterocycles. The number of hydrogen-bond acceptors (Lipinski definition) is 6. The van der Waals surface area contributed by atoms with Crippen LogP contribution in [0.3, 0.4) is 0 Å². The molecule has 3 amide bonds. The molecule has 2 heterocycles. The van der Waals surface area contributed by atoms with Crippen molar-refractivity contribution in [1.29, 1.82) is 0 Å². The summed E-state index contributed by atoms with van der Waals surface area (Å²) >= 11 is 6.12. The number of carbonyl (C=O) groups is 3. The van der Waals surface area contributed by atoms with Crippen molar-refractivity contribution < 1.29 is 28.6 Å². The van der Waals surface area contributed by atoms with Gasteiger partial charge in [0.05, 0.1) is 5.02 Å². The molecule has 1 aromatic carbocycles. The molecule has 0 radical (unpaired) electrons. The van der Waals surface area contributed by atoms with Gasteiger partial charge in [0.25, 0.3) is 5.91 Å². The molecule has 25 heavy (non-hydrogen) atoms. The Labute approximate surface area is 149 Å². The van der Waals surface area contributed by atoms with E-state index in [2.05, 4.69) is 5.32 Å². The van der Waals surface area contributed by atoms with Crippen LogP contribution in [0, 0.1) is 0 Å². The van der Waals surface area contributed by atoms with Crippen LogP contribution >= 0.6 is 11.6 Å². The molecule has 0 spiro atoms. The first kappa shape index (κ1) is 17.3. The van der Waals surface area contributed by atoms with Gasteiger partial charge in [0.2, 0.25) is 0 Å². The van der Waals surface area contributed by atoms with Crippen LogP contribution in [0.2, 0.25) is 5.02 Å². The standard InChI is InChI=1S/C16H17ClN2O6/c1-16(2)14(21)19(15(22)18-16)7-12(20)25-8-9-5-10(17)13-11(6-9)23-3-4-24-13/h5-6H,3-4,7-8H2,1-2H3,(H,18,22). The van der Waals surface area contributed by atoms with Crippen molar-refractivity contribution in [2.45, 2.75) is 26.0 Å². The fraction of sp³-hybridized carbons (Fsp3) is 0.438. The highest BCUT2D eigenvalue weighted by atomic mass is 35.5. The van der Waals surface area contributed by atoms with Gasteiger partial charge in [-0.1, -0.05) is 11.6 Å². The summed E-state index contributed by atoms with van der Waals surface area (Å²) in [7, 11) is 0. The van der Waals surface area contributed by atoms with Crippen LogP contribution in [0.4, 0.5) is 4.79 Å². The summed E-state index contributed by atoms with van der Waals surface area (Å²) in [5.41, 5.74) is -0.416. The van der Waals surface area contributed by atoms with Crippen LogP contribution in [0.15, 0.2) is 12.1 Å². The van der Waals surface area contributed by atoms with E-state index in [-0.39, 0.29) is 6.61 Å². The number of benzene rings is 1. The van der Waals surface area contributed by atoms with Crippen molar-refractivity contribution in [3.63, 3.8) is 0 Å². The zero-order valence-electron chi connectivity index (χ0n) is 13.8. The molecule has 0 aliphatic carbocycles. The fourth-order valence-electron chi connectivity index (χ4n) is 2.55. The first-order valence-corrected chi connectivity index (χ1v) is 8.03. The quantitative estimate of drug-likeness (QED) is 0.639. The highest BCUT2D eigenvalue weighted by Gasteiger charge is 2.45. The Morgan fingerprint density at radius 1 is 1.32 bits per heavy atom. The van der Waals surface area contributed by atoms with Crippen molar-refractivity contribution in [2.24, 2.45) is 0 Å². The second-order valence-electron chi connectivity index (χ2n) is 6.21. The molecule has 9 heteroatoms. The maximum absolute atomic E-state index is 12.0. The van der Waals surface area contributed by atoms with E-state index in [1.807, 2.05) is 0 Å². The summed E-state index contributed by atoms with van der Waals surface area (Å²) in [5.74, 6) is -0.228. The summed E-state index contributed by atoms with van der Waals surface area (Å²) < 4.78 is 16.0. The van der Waals surface area contributed by atoms with Crippen LogP contribution in [0.1, 0.15) is 19.4 Å². The van der Waals surface area contributed by atoms with E-state index >= 15 is 0 Å². The monoisotopic (exact) mass is 368 g/mol. The van der Waals surface area contributed by atoms with E-state index in [0.717, 1.165) is 4.90 Å². The van der Waals surface area contributed by atoms with Crippen LogP contribution in [0.25, 0.3) is 0 Å². The van der Waals surface area contributed by atoms with Gasteiger partial charge >= 0.3 is 12.0 Å². The van der Waals surface area contributed by atoms with Gasteiger partial charge in [0.1, 0.15) is 31.9 Å². The zero-order valence-corrected chi connectivity index (χ0v) is 14.5. The number of ether oxygens (including phenoxy) is 3. The number of amides is 3. The number of nitrogens with one attached hydrogen (secondary N) is 1. The lowest BCUT2D eigenvalue weighted by Gasteiger charge is -2.20. The Kier molecular flexibility index (Phi) is 4.47. The number of hydrogen-bond donors (Lipinski definition) is 1. The number of carbonyl (C=O) groups excluding carboxylic acids is 3. The van der Waals surface area contributed by atoms with E-state index in [1.54, 1.807) is 26.0 Å². The predicted molar refractivity (Wildman–Crippen MR) is 86.6 cm³/mol. The van der Waals surface area contributed by atoms with Crippen LogP contribution < -0.4 is 14.8 Å². The minimum Gasteiger partial charge on any atom is -0.486 e. The summed E-state index contributed by atoms with van der Waals surface area (Å²) in [5, 5.41) is 2.86. The second kappa shape index (κ2) is 6.44. The van der Waals surface area contributed by atoms with Crippen molar-refractivity contribution in [3.05, 3.63) is 22.7 Å². The van der Waals surface area contributed by atoms with Gasteiger partial charge in [-0.3, -0.25) is 14.5 Å². The van der Waals surface area contributed by atoms with E-state index in [4.69, 9.17) is 25.8 Å². The molecule has 0 bridgehead atoms. The molecular weight excluding hydrogens is 352 g/mol. The Morgan fingerprint density at radius 2 is 2.04 bits per heavy atom. The number of fused-ring (bicyclic) bond motifs is 1. The molecular formula is C16H17ClN2O6. The number of esters is 1. The predicted octanol–water partition coefficient (Wildman–Crippen LogP) is 1.48. The molecule has 1 fully saturated rings. The molecule has 1 aromatic rings. The Bertz CT molecular complexity index is 748. The van der Waals surface area contributed by atoms with E-state index < -0.39 is 30.0 Å². The fourth-order valence-corrected chi connectivity index (χ4v) is 2.84. The Morgan fingerprint density at radius 3 is 2.72 bits per heavy atom. The summed E-state index contributed by atoms with van der Waals surface area (Å²) in [4.78, 5) is 36.6. The smallest absolute Gasteiger partial charge is 0.326 e. The molecule has 0 aromatic heterocycles. The van der Waals surface area contributed by atoms with Gasteiger partial charge in [-0.2, -0.15) is 0 Å². The lowest BCUT2D eigenvalue weighted by atomic mass is 10.1. The number of rotatable bonds is 4. The van der Waals surface area contributed by atoms with E-state index in [1.165, 1.54) is 0 Å². The summed E-state index contributed by atoms with van der Waals surface area (Å²) in [6, 6.07) is 2.67. The molecule has 1 saturated heterocycles. The molecule has 134 valence electrons. The van der Waals surface area contributed by atoms with Gasteiger partial charge in [0, 0.05) is 0 Å². The zero-order chi connectivity index (χ0) is 18.2. The van der Waals surface area contributed by atoms with Crippen molar-refractivity contribution in [3.8, 4) is 11.5 Å². The lowest BCUT2D eigenvalue weighted by Crippen LogP contribution is -2.41. The summed E-state index contributed by atoms with van der Waals surface area (Å²) in [6.07, 6.45) is 0. The second-order valence-corrected chi connectivity index (χ2v) is 6.62. The highest BCUT2D eigenvalue weighted by molar-refractivity contribution is 6.32. The first-order chi connectivity index (χ1) is 11.8. The molecule has 8 nitrogen and oxygen atoms in total. The first-order valence-electron chi connectivity index (χ1n) is 7.66. The third-order valence-electron chi connectivity index (χ3n) is 3.79. The SMILES string of the molecule is CC1(C)NC(=O)N(CC(=O)OCc2cc(Cl)c3c(c2)OCCO3)C1=O. The van der Waals surface area contributed by atoms with Gasteiger partial charge in [0.15, 0.2) is 11.5 Å². The largest absolute Gasteiger partial charge is 0.486 e. The van der Waals surface area contributed by atoms with Crippen molar-refractivity contribution >= 4 is 29.5 Å². The summed E-state index contributed by atoms with van der Waals surface area (Å²) in [6.45, 7) is 3.44. The minimum atomic E-state index is -1.03. The Hall–Kier alpha value is -2.48. The number of halogens is 1. The van der Waals surface area contributed by atoms with Gasteiger partial charge in [-0.15, -0.1) is 0 Å². The van der Waals surface area contributed by atoms with Crippen LogP contribution in [0.5, 0.6) is 11.5 Å². The average Bonchev–Trinajstić information content (AvgIpc) is 2.75. The minimum absolute atomic E-state index is 0.0672. The highest BCUT2D eigenvalue weighted by Crippen LogP contribution is 2.38. The molecule has 1 N–H and O–H groups in total. The normalized spacial score (nSPS) is 18.1. The average molecular weight is 369 g/mol. The third kappa shape index (κ3) is 3.48. The Balaban J connectivity index is 1.61. The molecule has 0 unspecified atom stereocenters. The van der Waals surface area contributed by atoms with Crippen LogP contribution in [-0.4, -0.2) is 48.1 Å². The number of urea groups is 1. The number of imide groups is 1. The van der Waals surface area contributed by atoms with E-state index in [9.17, 15) is 14.4 Å². The van der Waals surface area contributed by atoms with Crippen molar-refractivity contribution in [2.75, 3.05) is 19.8 Å². The topological polar surface area (TPSA) is 94.2 Å². The van der Waals surface area contributed by atoms with Crippen LogP contribution in [-0.2, 0) is 20.9 Å². The van der Waals surface area contributed by atoms with Gasteiger partial charge in [-0.05, 0) is 31.5 Å². The maximum atomic E-state index is 12.0. The maximum Gasteiger partial charge on any atom is 0.326 e. The van der Waals surface area contributed by atoms with E-state index in [0.29, 0.717) is 35.3 Å². The molecule has 3 rings (SSSR count).